The van der Waals surface area contributed by atoms with E-state index in [1.165, 1.54) is 6.07 Å². The summed E-state index contributed by atoms with van der Waals surface area (Å²) >= 11 is 3.40. The standard InChI is InChI=1S/C16H18BrFN2O/c1-9-6-10(2)15(13(18)7-9)16(20-19)12-5-4-11(17)8-14(12)21-3/h4-8,16,20H,19H2,1-3H3. The summed E-state index contributed by atoms with van der Waals surface area (Å²) in [6.45, 7) is 3.74. The third kappa shape index (κ3) is 3.26. The highest BCUT2D eigenvalue weighted by Crippen LogP contribution is 2.34. The van der Waals surface area contributed by atoms with Crippen molar-refractivity contribution >= 4 is 15.9 Å². The molecule has 3 N–H and O–H groups in total. The van der Waals surface area contributed by atoms with E-state index < -0.39 is 6.04 Å². The first-order chi connectivity index (χ1) is 9.97. The molecular weight excluding hydrogens is 335 g/mol. The maximum absolute atomic E-state index is 14.4. The average Bonchev–Trinajstić information content (AvgIpc) is 2.43. The number of ether oxygens (including phenoxy) is 1. The number of methoxy groups -OCH3 is 1. The SMILES string of the molecule is COc1cc(Br)ccc1C(NN)c1c(C)cc(C)cc1F. The van der Waals surface area contributed by atoms with Crippen molar-refractivity contribution in [3.05, 3.63) is 62.9 Å². The Hall–Kier alpha value is -1.43. The molecule has 112 valence electrons. The highest BCUT2D eigenvalue weighted by molar-refractivity contribution is 9.10. The Bertz CT molecular complexity index is 638. The first-order valence-corrected chi connectivity index (χ1v) is 7.33. The lowest BCUT2D eigenvalue weighted by molar-refractivity contribution is 0.403. The summed E-state index contributed by atoms with van der Waals surface area (Å²) in [4.78, 5) is 0. The molecule has 0 aliphatic heterocycles. The van der Waals surface area contributed by atoms with Gasteiger partial charge in [-0.15, -0.1) is 0 Å². The number of halogens is 2. The minimum absolute atomic E-state index is 0.277. The molecule has 21 heavy (non-hydrogen) atoms. The van der Waals surface area contributed by atoms with Crippen LogP contribution in [0, 0.1) is 19.7 Å². The van der Waals surface area contributed by atoms with Gasteiger partial charge < -0.3 is 4.74 Å². The van der Waals surface area contributed by atoms with Crippen molar-refractivity contribution in [1.82, 2.24) is 5.43 Å². The predicted octanol–water partition coefficient (Wildman–Crippen LogP) is 3.77. The summed E-state index contributed by atoms with van der Waals surface area (Å²) in [5.41, 5.74) is 5.74. The fourth-order valence-electron chi connectivity index (χ4n) is 2.54. The lowest BCUT2D eigenvalue weighted by atomic mass is 9.93. The third-order valence-electron chi connectivity index (χ3n) is 3.44. The zero-order valence-corrected chi connectivity index (χ0v) is 13.8. The van der Waals surface area contributed by atoms with Gasteiger partial charge in [0.25, 0.3) is 0 Å². The van der Waals surface area contributed by atoms with Gasteiger partial charge in [0.1, 0.15) is 11.6 Å². The molecule has 0 heterocycles. The van der Waals surface area contributed by atoms with Crippen molar-refractivity contribution in [2.45, 2.75) is 19.9 Å². The predicted molar refractivity (Wildman–Crippen MR) is 85.7 cm³/mol. The third-order valence-corrected chi connectivity index (χ3v) is 3.94. The maximum atomic E-state index is 14.4. The van der Waals surface area contributed by atoms with Crippen LogP contribution in [0.25, 0.3) is 0 Å². The van der Waals surface area contributed by atoms with E-state index in [-0.39, 0.29) is 5.82 Å². The van der Waals surface area contributed by atoms with Gasteiger partial charge in [-0.05, 0) is 43.2 Å². The number of hydrogen-bond acceptors (Lipinski definition) is 3. The van der Waals surface area contributed by atoms with Gasteiger partial charge in [0.15, 0.2) is 0 Å². The van der Waals surface area contributed by atoms with Crippen molar-refractivity contribution in [1.29, 1.82) is 0 Å². The van der Waals surface area contributed by atoms with Gasteiger partial charge in [0.2, 0.25) is 0 Å². The second-order valence-electron chi connectivity index (χ2n) is 4.96. The Morgan fingerprint density at radius 2 is 1.95 bits per heavy atom. The van der Waals surface area contributed by atoms with E-state index in [4.69, 9.17) is 10.6 Å². The molecule has 2 rings (SSSR count). The molecule has 0 fully saturated rings. The number of nitrogens with one attached hydrogen (secondary N) is 1. The summed E-state index contributed by atoms with van der Waals surface area (Å²) in [6.07, 6.45) is 0. The fourth-order valence-corrected chi connectivity index (χ4v) is 2.88. The van der Waals surface area contributed by atoms with Gasteiger partial charge >= 0.3 is 0 Å². The van der Waals surface area contributed by atoms with Gasteiger partial charge in [-0.25, -0.2) is 9.82 Å². The molecule has 1 atom stereocenters. The van der Waals surface area contributed by atoms with E-state index in [0.717, 1.165) is 21.2 Å². The van der Waals surface area contributed by atoms with Gasteiger partial charge in [-0.3, -0.25) is 5.84 Å². The molecule has 0 bridgehead atoms. The minimum Gasteiger partial charge on any atom is -0.496 e. The number of hydrazine groups is 1. The van der Waals surface area contributed by atoms with E-state index in [9.17, 15) is 4.39 Å². The first-order valence-electron chi connectivity index (χ1n) is 6.54. The summed E-state index contributed by atoms with van der Waals surface area (Å²) in [7, 11) is 1.58. The number of nitrogens with two attached hydrogens (primary N) is 1. The van der Waals surface area contributed by atoms with Crippen LogP contribution in [0.4, 0.5) is 4.39 Å². The molecule has 0 aromatic heterocycles. The van der Waals surface area contributed by atoms with Gasteiger partial charge in [0, 0.05) is 15.6 Å². The average molecular weight is 353 g/mol. The molecular formula is C16H18BrFN2O. The van der Waals surface area contributed by atoms with Crippen LogP contribution in [0.2, 0.25) is 0 Å². The van der Waals surface area contributed by atoms with E-state index in [0.29, 0.717) is 11.3 Å². The first kappa shape index (κ1) is 15.9. The molecule has 0 spiro atoms. The molecule has 0 saturated carbocycles. The Morgan fingerprint density at radius 3 is 2.52 bits per heavy atom. The number of rotatable bonds is 4. The summed E-state index contributed by atoms with van der Waals surface area (Å²) in [6, 6.07) is 8.55. The maximum Gasteiger partial charge on any atom is 0.128 e. The van der Waals surface area contributed by atoms with Gasteiger partial charge in [-0.1, -0.05) is 28.1 Å². The molecule has 0 aliphatic rings. The number of aryl methyl sites for hydroxylation is 2. The van der Waals surface area contributed by atoms with E-state index in [2.05, 4.69) is 21.4 Å². The Morgan fingerprint density at radius 1 is 1.24 bits per heavy atom. The zero-order valence-electron chi connectivity index (χ0n) is 12.2. The Labute approximate surface area is 132 Å². The topological polar surface area (TPSA) is 47.3 Å². The summed E-state index contributed by atoms with van der Waals surface area (Å²) in [5, 5.41) is 0. The van der Waals surface area contributed by atoms with Crippen LogP contribution in [0.15, 0.2) is 34.8 Å². The molecule has 3 nitrogen and oxygen atoms in total. The number of benzene rings is 2. The van der Waals surface area contributed by atoms with E-state index in [1.807, 2.05) is 38.1 Å². The molecule has 2 aromatic carbocycles. The second kappa shape index (κ2) is 6.56. The largest absolute Gasteiger partial charge is 0.496 e. The molecule has 0 aliphatic carbocycles. The molecule has 0 amide bonds. The lowest BCUT2D eigenvalue weighted by Crippen LogP contribution is -2.30. The Kier molecular flexibility index (Phi) is 4.98. The second-order valence-corrected chi connectivity index (χ2v) is 5.88. The van der Waals surface area contributed by atoms with Crippen molar-refractivity contribution in [3.63, 3.8) is 0 Å². The van der Waals surface area contributed by atoms with Crippen molar-refractivity contribution in [2.24, 2.45) is 5.84 Å². The summed E-state index contributed by atoms with van der Waals surface area (Å²) in [5.74, 6) is 6.06. The molecule has 1 unspecified atom stereocenters. The minimum atomic E-state index is -0.478. The van der Waals surface area contributed by atoms with E-state index >= 15 is 0 Å². The lowest BCUT2D eigenvalue weighted by Gasteiger charge is -2.22. The van der Waals surface area contributed by atoms with E-state index in [1.54, 1.807) is 7.11 Å². The highest BCUT2D eigenvalue weighted by Gasteiger charge is 2.22. The molecule has 0 radical (unpaired) electrons. The van der Waals surface area contributed by atoms with Crippen molar-refractivity contribution < 1.29 is 9.13 Å². The number of hydrogen-bond donors (Lipinski definition) is 2. The van der Waals surface area contributed by atoms with Gasteiger partial charge in [-0.2, -0.15) is 0 Å². The van der Waals surface area contributed by atoms with Crippen LogP contribution >= 0.6 is 15.9 Å². The smallest absolute Gasteiger partial charge is 0.128 e. The van der Waals surface area contributed by atoms with Crippen LogP contribution in [-0.2, 0) is 0 Å². The quantitative estimate of drug-likeness (QED) is 0.650. The monoisotopic (exact) mass is 352 g/mol. The van der Waals surface area contributed by atoms with Crippen molar-refractivity contribution in [2.75, 3.05) is 7.11 Å². The normalized spacial score (nSPS) is 12.3. The Balaban J connectivity index is 2.60. The van der Waals surface area contributed by atoms with Crippen LogP contribution in [0.3, 0.4) is 0 Å². The molecule has 5 heteroatoms. The molecule has 2 aromatic rings. The van der Waals surface area contributed by atoms with Crippen molar-refractivity contribution in [3.8, 4) is 5.75 Å². The highest BCUT2D eigenvalue weighted by atomic mass is 79.9. The van der Waals surface area contributed by atoms with Crippen LogP contribution < -0.4 is 16.0 Å². The zero-order chi connectivity index (χ0) is 15.6. The van der Waals surface area contributed by atoms with Crippen LogP contribution in [-0.4, -0.2) is 7.11 Å². The fraction of sp³-hybridized carbons (Fsp3) is 0.250. The van der Waals surface area contributed by atoms with Crippen LogP contribution in [0.1, 0.15) is 28.3 Å². The molecule has 0 saturated heterocycles. The van der Waals surface area contributed by atoms with Crippen LogP contribution in [0.5, 0.6) is 5.75 Å². The summed E-state index contributed by atoms with van der Waals surface area (Å²) < 4.78 is 20.7. The van der Waals surface area contributed by atoms with Gasteiger partial charge in [0.05, 0.1) is 13.2 Å².